The van der Waals surface area contributed by atoms with Crippen LogP contribution in [0.1, 0.15) is 23.5 Å². The zero-order valence-electron chi connectivity index (χ0n) is 11.2. The van der Waals surface area contributed by atoms with E-state index in [1.54, 1.807) is 13.8 Å². The maximum absolute atomic E-state index is 12.1. The molecule has 0 aliphatic rings. The van der Waals surface area contributed by atoms with E-state index in [4.69, 9.17) is 5.11 Å². The number of amides is 1. The van der Waals surface area contributed by atoms with E-state index in [1.807, 2.05) is 0 Å². The molecule has 0 spiro atoms. The highest BCUT2D eigenvalue weighted by Crippen LogP contribution is 2.20. The van der Waals surface area contributed by atoms with Crippen LogP contribution in [0, 0.1) is 5.92 Å². The lowest BCUT2D eigenvalue weighted by molar-refractivity contribution is -0.140. The lowest BCUT2D eigenvalue weighted by atomic mass is 10.1. The summed E-state index contributed by atoms with van der Waals surface area (Å²) in [4.78, 5) is 22.5. The summed E-state index contributed by atoms with van der Waals surface area (Å²) in [7, 11) is -2.53. The van der Waals surface area contributed by atoms with Crippen LogP contribution in [0.4, 0.5) is 0 Å². The number of sulfonamides is 1. The highest BCUT2D eigenvalue weighted by molar-refractivity contribution is 7.89. The molecule has 0 saturated carbocycles. The first-order chi connectivity index (χ1) is 9.19. The number of thiophene rings is 1. The van der Waals surface area contributed by atoms with Crippen molar-refractivity contribution in [2.75, 3.05) is 7.05 Å². The molecule has 0 aliphatic heterocycles. The second-order valence-corrected chi connectivity index (χ2v) is 7.03. The van der Waals surface area contributed by atoms with Crippen molar-refractivity contribution in [3.63, 3.8) is 0 Å². The van der Waals surface area contributed by atoms with E-state index >= 15 is 0 Å². The van der Waals surface area contributed by atoms with Crippen LogP contribution in [0.15, 0.2) is 16.3 Å². The first-order valence-electron chi connectivity index (χ1n) is 5.74. The van der Waals surface area contributed by atoms with Gasteiger partial charge in [0.1, 0.15) is 6.04 Å². The summed E-state index contributed by atoms with van der Waals surface area (Å²) in [5.41, 5.74) is 0. The summed E-state index contributed by atoms with van der Waals surface area (Å²) < 4.78 is 26.3. The summed E-state index contributed by atoms with van der Waals surface area (Å²) in [6.07, 6.45) is 0. The SMILES string of the molecule is CNC(=O)c1cc(S(=O)(=O)N[C@@H](C(=O)O)C(C)C)cs1. The third-order valence-electron chi connectivity index (χ3n) is 2.55. The van der Waals surface area contributed by atoms with E-state index in [1.165, 1.54) is 18.5 Å². The highest BCUT2D eigenvalue weighted by atomic mass is 32.2. The number of aliphatic carboxylic acids is 1. The molecule has 0 aromatic carbocycles. The molecule has 0 saturated heterocycles. The monoisotopic (exact) mass is 320 g/mol. The predicted octanol–water partition coefficient (Wildman–Crippen LogP) is 0.495. The largest absolute Gasteiger partial charge is 0.480 e. The van der Waals surface area contributed by atoms with Crippen LogP contribution in [0.25, 0.3) is 0 Å². The Kier molecular flexibility index (Phi) is 5.26. The number of hydrogen-bond donors (Lipinski definition) is 3. The van der Waals surface area contributed by atoms with Crippen molar-refractivity contribution in [3.05, 3.63) is 16.3 Å². The number of hydrogen-bond acceptors (Lipinski definition) is 5. The van der Waals surface area contributed by atoms with Crippen LogP contribution >= 0.6 is 11.3 Å². The molecule has 112 valence electrons. The molecule has 20 heavy (non-hydrogen) atoms. The van der Waals surface area contributed by atoms with Gasteiger partial charge in [-0.3, -0.25) is 9.59 Å². The van der Waals surface area contributed by atoms with E-state index in [9.17, 15) is 18.0 Å². The minimum Gasteiger partial charge on any atom is -0.480 e. The fourth-order valence-electron chi connectivity index (χ4n) is 1.41. The summed E-state index contributed by atoms with van der Waals surface area (Å²) >= 11 is 0.974. The van der Waals surface area contributed by atoms with Gasteiger partial charge in [-0.2, -0.15) is 4.72 Å². The Balaban J connectivity index is 3.02. The maximum atomic E-state index is 12.1. The zero-order valence-corrected chi connectivity index (χ0v) is 12.8. The van der Waals surface area contributed by atoms with Gasteiger partial charge < -0.3 is 10.4 Å². The minimum atomic E-state index is -3.97. The topological polar surface area (TPSA) is 113 Å². The van der Waals surface area contributed by atoms with Gasteiger partial charge in [-0.25, -0.2) is 8.42 Å². The molecule has 0 fully saturated rings. The van der Waals surface area contributed by atoms with Crippen molar-refractivity contribution in [1.29, 1.82) is 0 Å². The van der Waals surface area contributed by atoms with Gasteiger partial charge >= 0.3 is 5.97 Å². The van der Waals surface area contributed by atoms with Crippen LogP contribution in [0.3, 0.4) is 0 Å². The van der Waals surface area contributed by atoms with Crippen molar-refractivity contribution >= 4 is 33.2 Å². The third kappa shape index (κ3) is 3.78. The zero-order chi connectivity index (χ0) is 15.5. The summed E-state index contributed by atoms with van der Waals surface area (Å²) in [5.74, 6) is -2.04. The number of carbonyl (C=O) groups excluding carboxylic acids is 1. The Morgan fingerprint density at radius 1 is 1.35 bits per heavy atom. The fourth-order valence-corrected chi connectivity index (χ4v) is 3.97. The lowest BCUT2D eigenvalue weighted by Gasteiger charge is -2.17. The van der Waals surface area contributed by atoms with Gasteiger partial charge in [0.15, 0.2) is 0 Å². The number of nitrogens with one attached hydrogen (secondary N) is 2. The average molecular weight is 320 g/mol. The Morgan fingerprint density at radius 2 is 1.95 bits per heavy atom. The van der Waals surface area contributed by atoms with Gasteiger partial charge in [0.05, 0.1) is 9.77 Å². The molecule has 1 aromatic heterocycles. The number of rotatable bonds is 6. The standard InChI is InChI=1S/C11H16N2O5S2/c1-6(2)9(11(15)16)13-20(17,18)7-4-8(19-5-7)10(14)12-3/h4-6,9,13H,1-3H3,(H,12,14)(H,15,16)/t9-/m1/s1. The highest BCUT2D eigenvalue weighted by Gasteiger charge is 2.28. The van der Waals surface area contributed by atoms with Crippen molar-refractivity contribution in [1.82, 2.24) is 10.0 Å². The second-order valence-electron chi connectivity index (χ2n) is 4.41. The van der Waals surface area contributed by atoms with E-state index in [0.29, 0.717) is 0 Å². The van der Waals surface area contributed by atoms with Gasteiger partial charge in [0, 0.05) is 12.4 Å². The van der Waals surface area contributed by atoms with Gasteiger partial charge in [0.25, 0.3) is 5.91 Å². The molecule has 0 radical (unpaired) electrons. The fraction of sp³-hybridized carbons (Fsp3) is 0.455. The molecule has 7 nitrogen and oxygen atoms in total. The first-order valence-corrected chi connectivity index (χ1v) is 8.11. The van der Waals surface area contributed by atoms with Gasteiger partial charge in [-0.05, 0) is 12.0 Å². The van der Waals surface area contributed by atoms with Crippen LogP contribution in [-0.2, 0) is 14.8 Å². The van der Waals surface area contributed by atoms with Crippen LogP contribution in [0.5, 0.6) is 0 Å². The molecule has 1 heterocycles. The molecule has 9 heteroatoms. The van der Waals surface area contributed by atoms with E-state index in [-0.39, 0.29) is 9.77 Å². The summed E-state index contributed by atoms with van der Waals surface area (Å²) in [6, 6.07) is -0.00576. The van der Waals surface area contributed by atoms with Crippen LogP contribution < -0.4 is 10.0 Å². The van der Waals surface area contributed by atoms with Crippen molar-refractivity contribution < 1.29 is 23.1 Å². The smallest absolute Gasteiger partial charge is 0.322 e. The molecule has 0 unspecified atom stereocenters. The molecular formula is C11H16N2O5S2. The number of carboxylic acids is 1. The Labute approximate surface area is 121 Å². The summed E-state index contributed by atoms with van der Waals surface area (Å²) in [5, 5.41) is 12.7. The van der Waals surface area contributed by atoms with Crippen molar-refractivity contribution in [2.45, 2.75) is 24.8 Å². The molecule has 1 aromatic rings. The molecule has 3 N–H and O–H groups in total. The van der Waals surface area contributed by atoms with Crippen molar-refractivity contribution in [3.8, 4) is 0 Å². The minimum absolute atomic E-state index is 0.118. The van der Waals surface area contributed by atoms with Crippen molar-refractivity contribution in [2.24, 2.45) is 5.92 Å². The summed E-state index contributed by atoms with van der Waals surface area (Å²) in [6.45, 7) is 3.20. The maximum Gasteiger partial charge on any atom is 0.322 e. The van der Waals surface area contributed by atoms with E-state index in [0.717, 1.165) is 11.3 Å². The number of carbonyl (C=O) groups is 2. The predicted molar refractivity (Wildman–Crippen MR) is 74.3 cm³/mol. The van der Waals surface area contributed by atoms with E-state index < -0.39 is 33.9 Å². The molecule has 0 aliphatic carbocycles. The Bertz CT molecular complexity index is 606. The molecule has 1 rings (SSSR count). The first kappa shape index (κ1) is 16.6. The third-order valence-corrected chi connectivity index (χ3v) is 5.05. The molecule has 1 amide bonds. The number of carboxylic acid groups (broad SMARTS) is 1. The lowest BCUT2D eigenvalue weighted by Crippen LogP contribution is -2.44. The van der Waals surface area contributed by atoms with Gasteiger partial charge in [-0.15, -0.1) is 11.3 Å². The normalized spacial score (nSPS) is 13.2. The molecular weight excluding hydrogens is 304 g/mol. The molecule has 1 atom stereocenters. The van der Waals surface area contributed by atoms with Gasteiger partial charge in [-0.1, -0.05) is 13.8 Å². The van der Waals surface area contributed by atoms with Crippen LogP contribution in [-0.4, -0.2) is 38.5 Å². The van der Waals surface area contributed by atoms with E-state index in [2.05, 4.69) is 10.0 Å². The van der Waals surface area contributed by atoms with Gasteiger partial charge in [0.2, 0.25) is 10.0 Å². The molecule has 0 bridgehead atoms. The Hall–Kier alpha value is -1.45. The Morgan fingerprint density at radius 3 is 2.40 bits per heavy atom. The van der Waals surface area contributed by atoms with Crippen LogP contribution in [0.2, 0.25) is 0 Å². The quantitative estimate of drug-likeness (QED) is 0.706. The average Bonchev–Trinajstić information content (AvgIpc) is 2.84. The second kappa shape index (κ2) is 6.33.